The summed E-state index contributed by atoms with van der Waals surface area (Å²) in [5, 5.41) is -0.717. The number of aryl methyl sites for hydroxylation is 1. The van der Waals surface area contributed by atoms with Gasteiger partial charge < -0.3 is 5.73 Å². The van der Waals surface area contributed by atoms with Crippen molar-refractivity contribution in [1.29, 1.82) is 0 Å². The molecule has 1 atom stereocenters. The van der Waals surface area contributed by atoms with E-state index in [0.29, 0.717) is 5.82 Å². The Bertz CT molecular complexity index is 442. The highest BCUT2D eigenvalue weighted by Gasteiger charge is 2.20. The second-order valence-corrected chi connectivity index (χ2v) is 5.63. The van der Waals surface area contributed by atoms with Gasteiger partial charge in [0, 0.05) is 18.0 Å². The van der Waals surface area contributed by atoms with Gasteiger partial charge in [-0.2, -0.15) is 0 Å². The molecule has 0 aromatic carbocycles. The summed E-state index contributed by atoms with van der Waals surface area (Å²) in [5.74, 6) is 0.570. The summed E-state index contributed by atoms with van der Waals surface area (Å²) in [5.41, 5.74) is 6.30. The fourth-order valence-corrected chi connectivity index (χ4v) is 1.35. The van der Waals surface area contributed by atoms with Crippen LogP contribution in [0.3, 0.4) is 0 Å². The molecule has 1 aromatic heterocycles. The Morgan fingerprint density at radius 3 is 2.50 bits per heavy atom. The van der Waals surface area contributed by atoms with Crippen LogP contribution in [-0.2, 0) is 9.84 Å². The third kappa shape index (κ3) is 2.20. The Morgan fingerprint density at radius 1 is 1.50 bits per heavy atom. The largest absolute Gasteiger partial charge is 0.383 e. The van der Waals surface area contributed by atoms with Crippen LogP contribution in [-0.4, -0.2) is 24.6 Å². The lowest BCUT2D eigenvalue weighted by Crippen LogP contribution is -2.12. The average molecular weight is 215 g/mol. The van der Waals surface area contributed by atoms with Gasteiger partial charge in [-0.15, -0.1) is 0 Å². The minimum Gasteiger partial charge on any atom is -0.383 e. The summed E-state index contributed by atoms with van der Waals surface area (Å²) in [6, 6.07) is 0. The van der Waals surface area contributed by atoms with Crippen LogP contribution in [0.2, 0.25) is 0 Å². The molecule has 0 aliphatic carbocycles. The Balaban J connectivity index is 3.16. The molecule has 78 valence electrons. The van der Waals surface area contributed by atoms with Crippen molar-refractivity contribution in [2.24, 2.45) is 0 Å². The SMILES string of the molecule is Cc1cnc(C(C)S(C)(=O)=O)nc1N. The highest BCUT2D eigenvalue weighted by molar-refractivity contribution is 7.90. The number of sulfone groups is 1. The fraction of sp³-hybridized carbons (Fsp3) is 0.500. The van der Waals surface area contributed by atoms with Crippen molar-refractivity contribution in [2.75, 3.05) is 12.0 Å². The first-order valence-electron chi connectivity index (χ1n) is 4.10. The van der Waals surface area contributed by atoms with Crippen molar-refractivity contribution in [3.05, 3.63) is 17.6 Å². The Morgan fingerprint density at radius 2 is 2.07 bits per heavy atom. The molecule has 6 heteroatoms. The molecular formula is C8H13N3O2S. The highest BCUT2D eigenvalue weighted by Crippen LogP contribution is 2.18. The molecule has 1 aromatic rings. The molecule has 1 unspecified atom stereocenters. The summed E-state index contributed by atoms with van der Waals surface area (Å²) in [6.07, 6.45) is 2.68. The number of anilines is 1. The van der Waals surface area contributed by atoms with Crippen LogP contribution < -0.4 is 5.73 Å². The van der Waals surface area contributed by atoms with E-state index in [1.807, 2.05) is 0 Å². The van der Waals surface area contributed by atoms with Crippen molar-refractivity contribution in [1.82, 2.24) is 9.97 Å². The molecule has 1 heterocycles. The maximum atomic E-state index is 11.2. The van der Waals surface area contributed by atoms with Crippen LogP contribution in [0.15, 0.2) is 6.20 Å². The van der Waals surface area contributed by atoms with E-state index in [1.165, 1.54) is 6.20 Å². The van der Waals surface area contributed by atoms with Gasteiger partial charge in [0.2, 0.25) is 0 Å². The van der Waals surface area contributed by atoms with Crippen molar-refractivity contribution >= 4 is 15.7 Å². The first kappa shape index (κ1) is 10.9. The Labute approximate surface area is 83.3 Å². The number of nitrogens with zero attached hydrogens (tertiary/aromatic N) is 2. The van der Waals surface area contributed by atoms with Crippen LogP contribution >= 0.6 is 0 Å². The number of nitrogen functional groups attached to an aromatic ring is 1. The number of rotatable bonds is 2. The van der Waals surface area contributed by atoms with E-state index in [1.54, 1.807) is 13.8 Å². The molecule has 0 radical (unpaired) electrons. The van der Waals surface area contributed by atoms with Gasteiger partial charge in [-0.3, -0.25) is 0 Å². The lowest BCUT2D eigenvalue weighted by atomic mass is 10.3. The predicted octanol–water partition coefficient (Wildman–Crippen LogP) is 0.473. The van der Waals surface area contributed by atoms with Gasteiger partial charge in [-0.25, -0.2) is 18.4 Å². The van der Waals surface area contributed by atoms with Crippen molar-refractivity contribution in [3.8, 4) is 0 Å². The molecule has 0 saturated carbocycles. The predicted molar refractivity (Wildman–Crippen MR) is 54.4 cm³/mol. The third-order valence-electron chi connectivity index (χ3n) is 2.04. The lowest BCUT2D eigenvalue weighted by molar-refractivity contribution is 0.589. The van der Waals surface area contributed by atoms with Gasteiger partial charge in [0.05, 0.1) is 0 Å². The van der Waals surface area contributed by atoms with E-state index in [4.69, 9.17) is 5.73 Å². The van der Waals surface area contributed by atoms with E-state index in [0.717, 1.165) is 11.8 Å². The van der Waals surface area contributed by atoms with Gasteiger partial charge in [-0.1, -0.05) is 0 Å². The molecule has 0 fully saturated rings. The molecular weight excluding hydrogens is 202 g/mol. The minimum atomic E-state index is -3.17. The second-order valence-electron chi connectivity index (χ2n) is 3.27. The third-order valence-corrected chi connectivity index (χ3v) is 3.53. The van der Waals surface area contributed by atoms with E-state index >= 15 is 0 Å². The molecule has 0 saturated heterocycles. The van der Waals surface area contributed by atoms with Crippen LogP contribution in [0.25, 0.3) is 0 Å². The quantitative estimate of drug-likeness (QED) is 0.775. The van der Waals surface area contributed by atoms with Gasteiger partial charge >= 0.3 is 0 Å². The van der Waals surface area contributed by atoms with Gasteiger partial charge in [0.25, 0.3) is 0 Å². The average Bonchev–Trinajstić information content (AvgIpc) is 2.07. The minimum absolute atomic E-state index is 0.246. The van der Waals surface area contributed by atoms with Gasteiger partial charge in [0.15, 0.2) is 9.84 Å². The molecule has 14 heavy (non-hydrogen) atoms. The summed E-state index contributed by atoms with van der Waals surface area (Å²) in [4.78, 5) is 7.86. The second kappa shape index (κ2) is 3.53. The maximum Gasteiger partial charge on any atom is 0.157 e. The van der Waals surface area contributed by atoms with Crippen molar-refractivity contribution < 1.29 is 8.42 Å². The van der Waals surface area contributed by atoms with Gasteiger partial charge in [0.1, 0.15) is 16.9 Å². The summed E-state index contributed by atoms with van der Waals surface area (Å²) in [7, 11) is -3.17. The molecule has 0 aliphatic rings. The highest BCUT2D eigenvalue weighted by atomic mass is 32.2. The van der Waals surface area contributed by atoms with Gasteiger partial charge in [-0.05, 0) is 13.8 Å². The Kier molecular flexibility index (Phi) is 2.75. The molecule has 0 aliphatic heterocycles. The van der Waals surface area contributed by atoms with E-state index in [-0.39, 0.29) is 5.82 Å². The topological polar surface area (TPSA) is 85.9 Å². The first-order valence-corrected chi connectivity index (χ1v) is 6.05. The van der Waals surface area contributed by atoms with Crippen molar-refractivity contribution in [3.63, 3.8) is 0 Å². The van der Waals surface area contributed by atoms with Crippen LogP contribution in [0.4, 0.5) is 5.82 Å². The molecule has 0 spiro atoms. The number of hydrogen-bond donors (Lipinski definition) is 1. The molecule has 1 rings (SSSR count). The van der Waals surface area contributed by atoms with E-state index in [2.05, 4.69) is 9.97 Å². The Hall–Kier alpha value is -1.17. The summed E-state index contributed by atoms with van der Waals surface area (Å²) < 4.78 is 22.4. The zero-order valence-corrected chi connectivity index (χ0v) is 9.17. The summed E-state index contributed by atoms with van der Waals surface area (Å²) >= 11 is 0. The first-order chi connectivity index (χ1) is 6.32. The van der Waals surface area contributed by atoms with E-state index in [9.17, 15) is 8.42 Å². The molecule has 0 bridgehead atoms. The zero-order valence-electron chi connectivity index (χ0n) is 8.35. The standard InChI is InChI=1S/C8H13N3O2S/c1-5-4-10-8(11-7(5)9)6(2)14(3,12)13/h4,6H,1-3H3,(H2,9,10,11). The number of aromatic nitrogens is 2. The molecule has 2 N–H and O–H groups in total. The van der Waals surface area contributed by atoms with Crippen molar-refractivity contribution in [2.45, 2.75) is 19.1 Å². The van der Waals surface area contributed by atoms with Crippen LogP contribution in [0, 0.1) is 6.92 Å². The van der Waals surface area contributed by atoms with E-state index < -0.39 is 15.1 Å². The molecule has 5 nitrogen and oxygen atoms in total. The van der Waals surface area contributed by atoms with Crippen LogP contribution in [0.1, 0.15) is 23.6 Å². The lowest BCUT2D eigenvalue weighted by Gasteiger charge is -2.08. The summed E-state index contributed by atoms with van der Waals surface area (Å²) in [6.45, 7) is 3.31. The molecule has 0 amide bonds. The smallest absolute Gasteiger partial charge is 0.157 e. The fourth-order valence-electron chi connectivity index (χ4n) is 0.857. The maximum absolute atomic E-state index is 11.2. The van der Waals surface area contributed by atoms with Crippen LogP contribution in [0.5, 0.6) is 0 Å². The monoisotopic (exact) mass is 215 g/mol. The number of nitrogens with two attached hydrogens (primary N) is 1. The number of hydrogen-bond acceptors (Lipinski definition) is 5. The normalized spacial score (nSPS) is 13.9. The zero-order chi connectivity index (χ0) is 10.9.